The van der Waals surface area contributed by atoms with Crippen molar-refractivity contribution in [1.29, 1.82) is 0 Å². The predicted octanol–water partition coefficient (Wildman–Crippen LogP) is 6.98. The van der Waals surface area contributed by atoms with E-state index in [1.54, 1.807) is 23.4 Å². The number of hydrazone groups is 1. The van der Waals surface area contributed by atoms with Crippen LogP contribution in [-0.4, -0.2) is 60.2 Å². The molecule has 226 valence electrons. The minimum atomic E-state index is -4.53. The Morgan fingerprint density at radius 3 is 2.40 bits per heavy atom. The number of nitrogens with zero attached hydrogens (tertiary/aromatic N) is 4. The van der Waals surface area contributed by atoms with Crippen LogP contribution in [0.1, 0.15) is 52.2 Å². The van der Waals surface area contributed by atoms with Crippen LogP contribution in [0.2, 0.25) is 0 Å². The number of likely N-dealkylation sites (N-methyl/N-ethyl adjacent to an activating group) is 1. The first kappa shape index (κ1) is 34.3. The smallest absolute Gasteiger partial charge is 0.326 e. The molecule has 0 saturated carbocycles. The fraction of sp³-hybridized carbons (Fsp3) is 0.394. The van der Waals surface area contributed by atoms with Crippen LogP contribution in [0.15, 0.2) is 82.8 Å². The maximum atomic E-state index is 13.9. The Morgan fingerprint density at radius 1 is 1.12 bits per heavy atom. The van der Waals surface area contributed by atoms with Crippen molar-refractivity contribution in [1.82, 2.24) is 14.8 Å². The zero-order valence-corrected chi connectivity index (χ0v) is 25.5. The first-order valence-corrected chi connectivity index (χ1v) is 14.1. The molecule has 0 atom stereocenters. The molecule has 0 aliphatic carbocycles. The van der Waals surface area contributed by atoms with E-state index in [2.05, 4.69) is 33.7 Å². The Morgan fingerprint density at radius 2 is 1.81 bits per heavy atom. The lowest BCUT2D eigenvalue weighted by atomic mass is 10.0. The van der Waals surface area contributed by atoms with Gasteiger partial charge in [-0.3, -0.25) is 9.69 Å². The number of benzene rings is 1. The van der Waals surface area contributed by atoms with E-state index < -0.39 is 17.6 Å². The van der Waals surface area contributed by atoms with Crippen LogP contribution < -0.4 is 5.32 Å². The van der Waals surface area contributed by atoms with Gasteiger partial charge in [0.05, 0.1) is 11.3 Å². The summed E-state index contributed by atoms with van der Waals surface area (Å²) in [6.07, 6.45) is 6.03. The SMILES string of the molecule is C=C1C=CC=NN1/C(C#CC(=C/CC(=O)Nc1ccc(CN2CCN(C)CC2)c(C(F)(F)F)c1)/C(C)=C\C)=C\C.CC. The zero-order valence-electron chi connectivity index (χ0n) is 25.5. The van der Waals surface area contributed by atoms with E-state index in [0.29, 0.717) is 30.1 Å². The van der Waals surface area contributed by atoms with E-state index >= 15 is 0 Å². The predicted molar refractivity (Wildman–Crippen MR) is 166 cm³/mol. The lowest BCUT2D eigenvalue weighted by Gasteiger charge is -2.33. The van der Waals surface area contributed by atoms with E-state index in [9.17, 15) is 18.0 Å². The summed E-state index contributed by atoms with van der Waals surface area (Å²) >= 11 is 0. The summed E-state index contributed by atoms with van der Waals surface area (Å²) in [6.45, 7) is 16.8. The number of alkyl halides is 3. The van der Waals surface area contributed by atoms with Crippen LogP contribution in [-0.2, 0) is 17.5 Å². The number of rotatable bonds is 7. The van der Waals surface area contributed by atoms with E-state index in [1.807, 2.05) is 64.8 Å². The molecule has 6 nitrogen and oxygen atoms in total. The van der Waals surface area contributed by atoms with Gasteiger partial charge in [0.1, 0.15) is 5.70 Å². The lowest BCUT2D eigenvalue weighted by molar-refractivity contribution is -0.138. The van der Waals surface area contributed by atoms with E-state index in [0.717, 1.165) is 24.7 Å². The number of carbonyl (C=O) groups excluding carboxylic acids is 1. The van der Waals surface area contributed by atoms with Gasteiger partial charge in [-0.2, -0.15) is 18.3 Å². The third-order valence-corrected chi connectivity index (χ3v) is 6.69. The van der Waals surface area contributed by atoms with E-state index in [4.69, 9.17) is 0 Å². The molecule has 1 aromatic rings. The summed E-state index contributed by atoms with van der Waals surface area (Å²) < 4.78 is 41.7. The Hall–Kier alpha value is -3.87. The van der Waals surface area contributed by atoms with Crippen LogP contribution in [0.3, 0.4) is 0 Å². The molecule has 0 radical (unpaired) electrons. The summed E-state index contributed by atoms with van der Waals surface area (Å²) in [5.74, 6) is 5.74. The number of hydrogen-bond donors (Lipinski definition) is 1. The molecule has 0 unspecified atom stereocenters. The van der Waals surface area contributed by atoms with Crippen LogP contribution >= 0.6 is 0 Å². The van der Waals surface area contributed by atoms with Gasteiger partial charge in [0, 0.05) is 56.6 Å². The summed E-state index contributed by atoms with van der Waals surface area (Å²) in [7, 11) is 2.00. The highest BCUT2D eigenvalue weighted by molar-refractivity contribution is 5.92. The van der Waals surface area contributed by atoms with Gasteiger partial charge in [-0.15, -0.1) is 0 Å². The number of hydrogen-bond acceptors (Lipinski definition) is 5. The molecule has 42 heavy (non-hydrogen) atoms. The number of nitrogens with one attached hydrogen (secondary N) is 1. The summed E-state index contributed by atoms with van der Waals surface area (Å²) in [5.41, 5.74) is 2.38. The first-order valence-electron chi connectivity index (χ1n) is 14.1. The van der Waals surface area contributed by atoms with Crippen LogP contribution in [0.25, 0.3) is 0 Å². The molecule has 2 heterocycles. The van der Waals surface area contributed by atoms with Gasteiger partial charge < -0.3 is 10.2 Å². The second-order valence-electron chi connectivity index (χ2n) is 9.64. The van der Waals surface area contributed by atoms with Crippen molar-refractivity contribution in [3.8, 4) is 11.8 Å². The number of amides is 1. The summed E-state index contributed by atoms with van der Waals surface area (Å²) in [4.78, 5) is 16.9. The van der Waals surface area contributed by atoms with Crippen molar-refractivity contribution in [3.63, 3.8) is 0 Å². The Bertz CT molecular complexity index is 1320. The molecule has 2 aliphatic heterocycles. The normalized spacial score (nSPS) is 16.9. The van der Waals surface area contributed by atoms with Gasteiger partial charge >= 0.3 is 6.18 Å². The molecular formula is C33H42F3N5O. The van der Waals surface area contributed by atoms with Crippen molar-refractivity contribution in [2.45, 2.75) is 53.8 Å². The molecule has 0 aromatic heterocycles. The second-order valence-corrected chi connectivity index (χ2v) is 9.64. The van der Waals surface area contributed by atoms with E-state index in [1.165, 1.54) is 12.1 Å². The third-order valence-electron chi connectivity index (χ3n) is 6.69. The Labute approximate surface area is 248 Å². The molecule has 1 saturated heterocycles. The fourth-order valence-corrected chi connectivity index (χ4v) is 4.18. The molecule has 1 amide bonds. The standard InChI is InChI=1S/C31H36F3N5O.C2H6/c1-6-23(3)25(11-14-28(7-2)39-24(4)9-8-16-35-39)12-15-30(40)36-27-13-10-26(29(21-27)31(32,33)34)22-38-19-17-37(5)18-20-38;1-2/h6-10,12-13,16,21H,4,15,17-20,22H2,1-3,5H3,(H,36,40);1-2H3/b23-6-,25-12-,28-7-;. The molecule has 1 fully saturated rings. The van der Waals surface area contributed by atoms with Crippen molar-refractivity contribution < 1.29 is 18.0 Å². The van der Waals surface area contributed by atoms with Crippen LogP contribution in [0.5, 0.6) is 0 Å². The van der Waals surface area contributed by atoms with Crippen molar-refractivity contribution in [2.75, 3.05) is 38.5 Å². The van der Waals surface area contributed by atoms with E-state index in [-0.39, 0.29) is 24.2 Å². The highest BCUT2D eigenvalue weighted by Gasteiger charge is 2.34. The molecular weight excluding hydrogens is 539 g/mol. The first-order chi connectivity index (χ1) is 20.0. The summed E-state index contributed by atoms with van der Waals surface area (Å²) in [5, 5.41) is 8.51. The third kappa shape index (κ3) is 10.2. The maximum Gasteiger partial charge on any atom is 0.416 e. The minimum Gasteiger partial charge on any atom is -0.326 e. The highest BCUT2D eigenvalue weighted by Crippen LogP contribution is 2.34. The van der Waals surface area contributed by atoms with Crippen LogP contribution in [0.4, 0.5) is 18.9 Å². The summed E-state index contributed by atoms with van der Waals surface area (Å²) in [6, 6.07) is 4.00. The van der Waals surface area contributed by atoms with Gasteiger partial charge in [-0.05, 0) is 69.2 Å². The number of carbonyl (C=O) groups is 1. The molecule has 3 rings (SSSR count). The quantitative estimate of drug-likeness (QED) is 0.279. The minimum absolute atomic E-state index is 0.0535. The van der Waals surface area contributed by atoms with Gasteiger partial charge in [-0.25, -0.2) is 5.01 Å². The van der Waals surface area contributed by atoms with Crippen molar-refractivity contribution in [2.24, 2.45) is 5.10 Å². The lowest BCUT2D eigenvalue weighted by Crippen LogP contribution is -2.44. The van der Waals surface area contributed by atoms with Gasteiger partial charge in [0.15, 0.2) is 0 Å². The number of allylic oxidation sites excluding steroid dienone is 7. The zero-order chi connectivity index (χ0) is 31.3. The fourth-order valence-electron chi connectivity index (χ4n) is 4.18. The monoisotopic (exact) mass is 581 g/mol. The number of halogens is 3. The molecule has 1 aromatic carbocycles. The molecule has 2 aliphatic rings. The Kier molecular flexibility index (Phi) is 13.5. The molecule has 0 bridgehead atoms. The van der Waals surface area contributed by atoms with Crippen molar-refractivity contribution >= 4 is 17.8 Å². The topological polar surface area (TPSA) is 51.2 Å². The van der Waals surface area contributed by atoms with Gasteiger partial charge in [0.2, 0.25) is 5.91 Å². The highest BCUT2D eigenvalue weighted by atomic mass is 19.4. The maximum absolute atomic E-state index is 13.9. The second kappa shape index (κ2) is 16.5. The van der Waals surface area contributed by atoms with Crippen LogP contribution in [0, 0.1) is 11.8 Å². The number of anilines is 1. The molecule has 0 spiro atoms. The Balaban J connectivity index is 0.00000301. The number of piperazine rings is 1. The van der Waals surface area contributed by atoms with Gasteiger partial charge in [0.25, 0.3) is 0 Å². The largest absolute Gasteiger partial charge is 0.416 e. The average molecular weight is 582 g/mol. The average Bonchev–Trinajstić information content (AvgIpc) is 2.97. The molecule has 1 N–H and O–H groups in total. The molecule has 9 heteroatoms. The van der Waals surface area contributed by atoms with Crippen molar-refractivity contribution in [3.05, 3.63) is 88.8 Å². The van der Waals surface area contributed by atoms with Gasteiger partial charge in [-0.1, -0.05) is 50.6 Å².